The van der Waals surface area contributed by atoms with E-state index in [1.807, 2.05) is 0 Å². The molecular weight excluding hydrogens is 272 g/mol. The summed E-state index contributed by atoms with van der Waals surface area (Å²) in [7, 11) is 0. The molecule has 18 heavy (non-hydrogen) atoms. The number of carbonyl (C=O) groups excluding carboxylic acids is 2. The van der Waals surface area contributed by atoms with E-state index >= 15 is 0 Å². The average molecular weight is 296 g/mol. The normalized spacial score (nSPS) is 8.06. The summed E-state index contributed by atoms with van der Waals surface area (Å²) in [6, 6.07) is 0. The number of carbonyl (C=O) groups is 2. The van der Waals surface area contributed by atoms with E-state index < -0.39 is 5.97 Å². The van der Waals surface area contributed by atoms with Gasteiger partial charge >= 0.3 is 5.97 Å². The Kier molecular flexibility index (Phi) is 27.4. The first-order chi connectivity index (χ1) is 7.63. The molecule has 0 aliphatic heterocycles. The number of ketones is 1. The molecule has 0 saturated heterocycles. The molecule has 0 aromatic heterocycles. The van der Waals surface area contributed by atoms with Crippen molar-refractivity contribution in [2.24, 2.45) is 0 Å². The molecule has 0 aliphatic rings. The van der Waals surface area contributed by atoms with Crippen molar-refractivity contribution in [3.63, 3.8) is 0 Å². The second-order valence-corrected chi connectivity index (χ2v) is 3.72. The molecule has 0 atom stereocenters. The van der Waals surface area contributed by atoms with E-state index in [-0.39, 0.29) is 46.1 Å². The zero-order valence-corrected chi connectivity index (χ0v) is 13.3. The van der Waals surface area contributed by atoms with E-state index in [1.54, 1.807) is 27.7 Å². The third kappa shape index (κ3) is 77.0. The number of rotatable bonds is 3. The molecule has 0 aromatic carbocycles. The SMILES string of the molecule is C=COC(=O)CC(C)=O.CC(C)O.CC(C)O.[Ti]. The fraction of sp³-hybridized carbons (Fsp3) is 0.667. The van der Waals surface area contributed by atoms with Gasteiger partial charge in [-0.2, -0.15) is 0 Å². The summed E-state index contributed by atoms with van der Waals surface area (Å²) >= 11 is 0. The molecule has 0 rings (SSSR count). The van der Waals surface area contributed by atoms with Gasteiger partial charge in [-0.05, 0) is 34.6 Å². The molecule has 5 nitrogen and oxygen atoms in total. The predicted octanol–water partition coefficient (Wildman–Crippen LogP) is 1.42. The summed E-state index contributed by atoms with van der Waals surface area (Å²) in [6.45, 7) is 11.4. The number of ether oxygens (including phenoxy) is 1. The molecule has 2 N–H and O–H groups in total. The molecular formula is C12H24O5Ti. The van der Waals surface area contributed by atoms with E-state index in [0.29, 0.717) is 0 Å². The molecule has 0 aliphatic carbocycles. The van der Waals surface area contributed by atoms with Crippen LogP contribution in [-0.4, -0.2) is 34.2 Å². The molecule has 0 unspecified atom stereocenters. The van der Waals surface area contributed by atoms with Gasteiger partial charge in [-0.15, -0.1) is 0 Å². The van der Waals surface area contributed by atoms with Gasteiger partial charge in [0.05, 0.1) is 6.26 Å². The largest absolute Gasteiger partial charge is 0.435 e. The Labute approximate surface area is 124 Å². The first kappa shape index (κ1) is 26.2. The van der Waals surface area contributed by atoms with Gasteiger partial charge in [0.2, 0.25) is 0 Å². The van der Waals surface area contributed by atoms with Crippen LogP contribution in [0.5, 0.6) is 0 Å². The van der Waals surface area contributed by atoms with Gasteiger partial charge in [0.1, 0.15) is 12.2 Å². The first-order valence-corrected chi connectivity index (χ1v) is 5.29. The molecule has 0 bridgehead atoms. The molecule has 0 spiro atoms. The fourth-order valence-corrected chi connectivity index (χ4v) is 0.338. The van der Waals surface area contributed by atoms with Crippen molar-refractivity contribution in [1.29, 1.82) is 0 Å². The second kappa shape index (κ2) is 18.9. The molecule has 0 amide bonds. The average Bonchev–Trinajstić information content (AvgIpc) is 1.99. The van der Waals surface area contributed by atoms with Crippen LogP contribution in [0.4, 0.5) is 0 Å². The zero-order valence-electron chi connectivity index (χ0n) is 11.8. The quantitative estimate of drug-likeness (QED) is 0.356. The van der Waals surface area contributed by atoms with E-state index in [1.165, 1.54) is 6.92 Å². The Hall–Kier alpha value is -0.486. The number of esters is 1. The fourth-order valence-electron chi connectivity index (χ4n) is 0.338. The minimum atomic E-state index is -0.558. The maximum atomic E-state index is 10.3. The van der Waals surface area contributed by atoms with Crippen molar-refractivity contribution in [2.45, 2.75) is 53.2 Å². The monoisotopic (exact) mass is 296 g/mol. The maximum Gasteiger partial charge on any atom is 0.318 e. The van der Waals surface area contributed by atoms with Crippen LogP contribution < -0.4 is 0 Å². The Morgan fingerprint density at radius 3 is 1.61 bits per heavy atom. The number of hydrogen-bond acceptors (Lipinski definition) is 5. The van der Waals surface area contributed by atoms with Crippen LogP contribution in [0.15, 0.2) is 12.8 Å². The Bertz CT molecular complexity index is 203. The molecule has 0 heterocycles. The molecule has 0 radical (unpaired) electrons. The van der Waals surface area contributed by atoms with Crippen LogP contribution >= 0.6 is 0 Å². The van der Waals surface area contributed by atoms with Gasteiger partial charge in [0.25, 0.3) is 0 Å². The van der Waals surface area contributed by atoms with Crippen LogP contribution in [-0.2, 0) is 36.0 Å². The smallest absolute Gasteiger partial charge is 0.318 e. The van der Waals surface area contributed by atoms with Crippen LogP contribution in [0, 0.1) is 0 Å². The standard InChI is InChI=1S/C6H8O3.2C3H8O.Ti/c1-3-9-6(8)4-5(2)7;2*1-3(2)4;/h3H,1,4H2,2H3;2*3-4H,1-2H3;. The third-order valence-corrected chi connectivity index (χ3v) is 0.608. The Balaban J connectivity index is -0.0000000922. The summed E-state index contributed by atoms with van der Waals surface area (Å²) < 4.78 is 4.26. The van der Waals surface area contributed by atoms with Crippen LogP contribution in [0.1, 0.15) is 41.0 Å². The van der Waals surface area contributed by atoms with Crippen molar-refractivity contribution < 1.29 is 46.3 Å². The molecule has 6 heteroatoms. The minimum absolute atomic E-state index is 0. The van der Waals surface area contributed by atoms with Crippen molar-refractivity contribution in [2.75, 3.05) is 0 Å². The second-order valence-electron chi connectivity index (χ2n) is 3.72. The number of hydrogen-bond donors (Lipinski definition) is 2. The van der Waals surface area contributed by atoms with Gasteiger partial charge < -0.3 is 14.9 Å². The van der Waals surface area contributed by atoms with Gasteiger partial charge in [-0.25, -0.2) is 0 Å². The van der Waals surface area contributed by atoms with E-state index in [9.17, 15) is 9.59 Å². The molecule has 0 aromatic rings. The van der Waals surface area contributed by atoms with Gasteiger partial charge in [-0.3, -0.25) is 9.59 Å². The zero-order chi connectivity index (χ0) is 14.4. The molecule has 0 fully saturated rings. The topological polar surface area (TPSA) is 83.8 Å². The minimum Gasteiger partial charge on any atom is -0.435 e. The Morgan fingerprint density at radius 1 is 1.17 bits per heavy atom. The van der Waals surface area contributed by atoms with Crippen LogP contribution in [0.2, 0.25) is 0 Å². The van der Waals surface area contributed by atoms with Crippen molar-refractivity contribution >= 4 is 11.8 Å². The Morgan fingerprint density at radius 2 is 1.44 bits per heavy atom. The molecule has 0 saturated carbocycles. The van der Waals surface area contributed by atoms with E-state index in [2.05, 4.69) is 11.3 Å². The summed E-state index contributed by atoms with van der Waals surface area (Å²) in [5, 5.41) is 16.1. The number of aliphatic hydroxyl groups excluding tert-OH is 2. The van der Waals surface area contributed by atoms with Gasteiger partial charge in [0.15, 0.2) is 0 Å². The number of Topliss-reactive ketones (excluding diaryl/α,β-unsaturated/α-hetero) is 1. The van der Waals surface area contributed by atoms with Crippen molar-refractivity contribution in [3.8, 4) is 0 Å². The summed E-state index contributed by atoms with van der Waals surface area (Å²) in [5.41, 5.74) is 0. The van der Waals surface area contributed by atoms with Crippen LogP contribution in [0.25, 0.3) is 0 Å². The maximum absolute atomic E-state index is 10.3. The molecule has 106 valence electrons. The summed E-state index contributed by atoms with van der Waals surface area (Å²) in [4.78, 5) is 20.5. The third-order valence-electron chi connectivity index (χ3n) is 0.608. The van der Waals surface area contributed by atoms with Gasteiger partial charge in [0, 0.05) is 33.9 Å². The van der Waals surface area contributed by atoms with Crippen LogP contribution in [0.3, 0.4) is 0 Å². The van der Waals surface area contributed by atoms with Gasteiger partial charge in [-0.1, -0.05) is 6.58 Å². The van der Waals surface area contributed by atoms with Crippen molar-refractivity contribution in [1.82, 2.24) is 0 Å². The first-order valence-electron chi connectivity index (χ1n) is 5.29. The number of aliphatic hydroxyl groups is 2. The predicted molar refractivity (Wildman–Crippen MR) is 66.3 cm³/mol. The summed E-state index contributed by atoms with van der Waals surface area (Å²) in [6.07, 6.45) is 0.497. The summed E-state index contributed by atoms with van der Waals surface area (Å²) in [5.74, 6) is -0.764. The van der Waals surface area contributed by atoms with Crippen molar-refractivity contribution in [3.05, 3.63) is 12.8 Å². The van der Waals surface area contributed by atoms with E-state index in [4.69, 9.17) is 10.2 Å². The van der Waals surface area contributed by atoms with E-state index in [0.717, 1.165) is 6.26 Å².